The molecule has 3 rings (SSSR count). The van der Waals surface area contributed by atoms with Crippen molar-refractivity contribution in [1.29, 1.82) is 0 Å². The highest BCUT2D eigenvalue weighted by Gasteiger charge is 2.24. The van der Waals surface area contributed by atoms with Crippen LogP contribution in [0.1, 0.15) is 25.7 Å². The molecule has 1 aromatic rings. The summed E-state index contributed by atoms with van der Waals surface area (Å²) in [6.07, 6.45) is 5.26. The molecule has 1 N–H and O–H groups in total. The van der Waals surface area contributed by atoms with Crippen LogP contribution in [0, 0.1) is 5.92 Å². The molecule has 2 aliphatic rings. The second-order valence-corrected chi connectivity index (χ2v) is 6.67. The second kappa shape index (κ2) is 7.48. The van der Waals surface area contributed by atoms with Crippen molar-refractivity contribution >= 4 is 11.6 Å². The van der Waals surface area contributed by atoms with Crippen LogP contribution in [0.2, 0.25) is 5.02 Å². The van der Waals surface area contributed by atoms with E-state index in [0.29, 0.717) is 5.02 Å². The lowest BCUT2D eigenvalue weighted by molar-refractivity contribution is 0.0747. The largest absolute Gasteiger partial charge is 0.488 e. The van der Waals surface area contributed by atoms with Crippen LogP contribution in [-0.2, 0) is 0 Å². The highest BCUT2D eigenvalue weighted by atomic mass is 35.5. The maximum absolute atomic E-state index is 6.19. The summed E-state index contributed by atoms with van der Waals surface area (Å²) in [4.78, 5) is 2.58. The Kier molecular flexibility index (Phi) is 5.39. The molecule has 2 saturated heterocycles. The Morgan fingerprint density at radius 1 is 1.19 bits per heavy atom. The van der Waals surface area contributed by atoms with Gasteiger partial charge in [-0.2, -0.15) is 0 Å². The minimum Gasteiger partial charge on any atom is -0.488 e. The van der Waals surface area contributed by atoms with E-state index in [9.17, 15) is 0 Å². The number of para-hydroxylation sites is 1. The van der Waals surface area contributed by atoms with E-state index in [0.717, 1.165) is 24.6 Å². The summed E-state index contributed by atoms with van der Waals surface area (Å²) >= 11 is 6.19. The number of benzene rings is 1. The molecule has 0 aliphatic carbocycles. The number of rotatable bonds is 4. The van der Waals surface area contributed by atoms with Crippen LogP contribution in [0.5, 0.6) is 5.75 Å². The molecule has 1 aromatic carbocycles. The van der Waals surface area contributed by atoms with Gasteiger partial charge in [-0.25, -0.2) is 0 Å². The molecule has 0 saturated carbocycles. The topological polar surface area (TPSA) is 24.5 Å². The Labute approximate surface area is 132 Å². The molecule has 1 unspecified atom stereocenters. The molecule has 0 amide bonds. The number of ether oxygens (including phenoxy) is 1. The number of nitrogens with one attached hydrogen (secondary N) is 1. The summed E-state index contributed by atoms with van der Waals surface area (Å²) in [7, 11) is 0. The van der Waals surface area contributed by atoms with Gasteiger partial charge in [0, 0.05) is 13.1 Å². The Morgan fingerprint density at radius 3 is 2.81 bits per heavy atom. The monoisotopic (exact) mass is 308 g/mol. The lowest BCUT2D eigenvalue weighted by atomic mass is 9.96. The van der Waals surface area contributed by atoms with E-state index in [1.54, 1.807) is 0 Å². The predicted octanol–water partition coefficient (Wildman–Crippen LogP) is 3.18. The molecule has 21 heavy (non-hydrogen) atoms. The van der Waals surface area contributed by atoms with Crippen LogP contribution < -0.4 is 10.1 Å². The average molecular weight is 309 g/mol. The Bertz CT molecular complexity index is 448. The number of halogens is 1. The van der Waals surface area contributed by atoms with Gasteiger partial charge in [0.05, 0.1) is 5.02 Å². The molecule has 2 heterocycles. The van der Waals surface area contributed by atoms with Gasteiger partial charge in [-0.3, -0.25) is 4.90 Å². The third-order valence-electron chi connectivity index (χ3n) is 4.57. The van der Waals surface area contributed by atoms with Gasteiger partial charge in [-0.05, 0) is 63.4 Å². The van der Waals surface area contributed by atoms with E-state index in [4.69, 9.17) is 16.3 Å². The molecule has 3 nitrogen and oxygen atoms in total. The highest BCUT2D eigenvalue weighted by Crippen LogP contribution is 2.27. The fourth-order valence-electron chi connectivity index (χ4n) is 3.42. The summed E-state index contributed by atoms with van der Waals surface area (Å²) in [5.41, 5.74) is 0. The first kappa shape index (κ1) is 15.1. The quantitative estimate of drug-likeness (QED) is 0.924. The van der Waals surface area contributed by atoms with Crippen LogP contribution in [0.25, 0.3) is 0 Å². The fraction of sp³-hybridized carbons (Fsp3) is 0.647. The van der Waals surface area contributed by atoms with Crippen molar-refractivity contribution in [1.82, 2.24) is 10.2 Å². The average Bonchev–Trinajstić information content (AvgIpc) is 2.51. The van der Waals surface area contributed by atoms with Crippen molar-refractivity contribution in [2.24, 2.45) is 5.92 Å². The first-order chi connectivity index (χ1) is 10.3. The third kappa shape index (κ3) is 4.35. The van der Waals surface area contributed by atoms with Crippen molar-refractivity contribution in [2.45, 2.75) is 31.8 Å². The molecule has 4 heteroatoms. The van der Waals surface area contributed by atoms with E-state index in [1.807, 2.05) is 24.3 Å². The van der Waals surface area contributed by atoms with Crippen LogP contribution >= 0.6 is 11.6 Å². The maximum atomic E-state index is 6.19. The van der Waals surface area contributed by atoms with Crippen LogP contribution in [0.15, 0.2) is 24.3 Å². The number of nitrogens with zero attached hydrogens (tertiary/aromatic N) is 1. The Balaban J connectivity index is 1.52. The molecule has 1 atom stereocenters. The predicted molar refractivity (Wildman–Crippen MR) is 87.1 cm³/mol. The molecule has 0 aromatic heterocycles. The first-order valence-electron chi connectivity index (χ1n) is 8.15. The zero-order chi connectivity index (χ0) is 14.5. The SMILES string of the molecule is Clc1ccccc1OC1CCCN(CC2CCNCC2)C1. The lowest BCUT2D eigenvalue weighted by Gasteiger charge is -2.36. The minimum atomic E-state index is 0.278. The molecule has 2 fully saturated rings. The summed E-state index contributed by atoms with van der Waals surface area (Å²) in [6.45, 7) is 5.83. The smallest absolute Gasteiger partial charge is 0.138 e. The van der Waals surface area contributed by atoms with E-state index in [-0.39, 0.29) is 6.10 Å². The van der Waals surface area contributed by atoms with E-state index in [1.165, 1.54) is 45.4 Å². The van der Waals surface area contributed by atoms with Crippen LogP contribution in [0.3, 0.4) is 0 Å². The zero-order valence-electron chi connectivity index (χ0n) is 12.6. The van der Waals surface area contributed by atoms with Gasteiger partial charge in [0.25, 0.3) is 0 Å². The molecular weight excluding hydrogens is 284 g/mol. The van der Waals surface area contributed by atoms with E-state index in [2.05, 4.69) is 10.2 Å². The number of piperidine rings is 2. The number of hydrogen-bond donors (Lipinski definition) is 1. The molecule has 2 aliphatic heterocycles. The van der Waals surface area contributed by atoms with Crippen LogP contribution in [0.4, 0.5) is 0 Å². The summed E-state index contributed by atoms with van der Waals surface area (Å²) < 4.78 is 6.12. The lowest BCUT2D eigenvalue weighted by Crippen LogP contribution is -2.44. The third-order valence-corrected chi connectivity index (χ3v) is 4.88. The first-order valence-corrected chi connectivity index (χ1v) is 8.53. The van der Waals surface area contributed by atoms with E-state index < -0.39 is 0 Å². The summed E-state index contributed by atoms with van der Waals surface area (Å²) in [5, 5.41) is 4.16. The van der Waals surface area contributed by atoms with Gasteiger partial charge in [0.1, 0.15) is 11.9 Å². The highest BCUT2D eigenvalue weighted by molar-refractivity contribution is 6.32. The number of hydrogen-bond acceptors (Lipinski definition) is 3. The molecule has 0 spiro atoms. The van der Waals surface area contributed by atoms with Gasteiger partial charge in [-0.1, -0.05) is 23.7 Å². The zero-order valence-corrected chi connectivity index (χ0v) is 13.3. The van der Waals surface area contributed by atoms with Gasteiger partial charge in [-0.15, -0.1) is 0 Å². The molecule has 0 bridgehead atoms. The van der Waals surface area contributed by atoms with Gasteiger partial charge in [0.15, 0.2) is 0 Å². The van der Waals surface area contributed by atoms with Crippen molar-refractivity contribution in [3.05, 3.63) is 29.3 Å². The summed E-state index contributed by atoms with van der Waals surface area (Å²) in [5.74, 6) is 1.68. The van der Waals surface area contributed by atoms with Gasteiger partial charge < -0.3 is 10.1 Å². The van der Waals surface area contributed by atoms with Crippen LogP contribution in [-0.4, -0.2) is 43.7 Å². The summed E-state index contributed by atoms with van der Waals surface area (Å²) in [6, 6.07) is 7.79. The van der Waals surface area contributed by atoms with Crippen molar-refractivity contribution < 1.29 is 4.74 Å². The molecule has 0 radical (unpaired) electrons. The van der Waals surface area contributed by atoms with Crippen molar-refractivity contribution in [2.75, 3.05) is 32.7 Å². The van der Waals surface area contributed by atoms with Crippen molar-refractivity contribution in [3.8, 4) is 5.75 Å². The Hall–Kier alpha value is -0.770. The normalized spacial score (nSPS) is 24.9. The van der Waals surface area contributed by atoms with Crippen molar-refractivity contribution in [3.63, 3.8) is 0 Å². The van der Waals surface area contributed by atoms with Gasteiger partial charge in [0.2, 0.25) is 0 Å². The molecular formula is C17H25ClN2O. The minimum absolute atomic E-state index is 0.278. The fourth-order valence-corrected chi connectivity index (χ4v) is 3.60. The standard InChI is InChI=1S/C17H25ClN2O/c18-16-5-1-2-6-17(16)21-15-4-3-11-20(13-15)12-14-7-9-19-10-8-14/h1-2,5-6,14-15,19H,3-4,7-13H2. The number of likely N-dealkylation sites (tertiary alicyclic amines) is 1. The second-order valence-electron chi connectivity index (χ2n) is 6.27. The Morgan fingerprint density at radius 2 is 2.00 bits per heavy atom. The maximum Gasteiger partial charge on any atom is 0.138 e. The molecule has 116 valence electrons. The van der Waals surface area contributed by atoms with Gasteiger partial charge >= 0.3 is 0 Å². The van der Waals surface area contributed by atoms with E-state index >= 15 is 0 Å².